The third-order valence-electron chi connectivity index (χ3n) is 6.53. The van der Waals surface area contributed by atoms with E-state index in [2.05, 4.69) is 13.8 Å². The van der Waals surface area contributed by atoms with Crippen LogP contribution in [0, 0.1) is 0 Å². The first-order valence-corrected chi connectivity index (χ1v) is 14.0. The van der Waals surface area contributed by atoms with Crippen molar-refractivity contribution in [3.63, 3.8) is 0 Å². The molecular formula is C28H58O. The van der Waals surface area contributed by atoms with Crippen LogP contribution in [0.5, 0.6) is 0 Å². The highest BCUT2D eigenvalue weighted by atomic mass is 16.3. The maximum Gasteiger partial charge on any atom is 0.0540 e. The molecule has 0 bridgehead atoms. The van der Waals surface area contributed by atoms with Crippen LogP contribution in [0.3, 0.4) is 0 Å². The van der Waals surface area contributed by atoms with E-state index < -0.39 is 0 Å². The maximum atomic E-state index is 10.1. The monoisotopic (exact) mass is 410 g/mol. The zero-order valence-electron chi connectivity index (χ0n) is 20.7. The van der Waals surface area contributed by atoms with E-state index in [0.29, 0.717) is 0 Å². The van der Waals surface area contributed by atoms with Gasteiger partial charge in [0, 0.05) is 0 Å². The lowest BCUT2D eigenvalue weighted by Crippen LogP contribution is -2.05. The lowest BCUT2D eigenvalue weighted by atomic mass is 10.0. The summed E-state index contributed by atoms with van der Waals surface area (Å²) < 4.78 is 0. The third-order valence-corrected chi connectivity index (χ3v) is 6.53. The molecule has 1 heteroatoms. The van der Waals surface area contributed by atoms with Gasteiger partial charge < -0.3 is 5.11 Å². The second-order valence-electron chi connectivity index (χ2n) is 9.66. The predicted molar refractivity (Wildman–Crippen MR) is 133 cm³/mol. The Morgan fingerprint density at radius 1 is 0.345 bits per heavy atom. The zero-order valence-corrected chi connectivity index (χ0v) is 20.7. The number of rotatable bonds is 25. The van der Waals surface area contributed by atoms with Crippen LogP contribution in [0.15, 0.2) is 0 Å². The number of aliphatic hydroxyl groups excluding tert-OH is 1. The largest absolute Gasteiger partial charge is 0.393 e. The van der Waals surface area contributed by atoms with Crippen LogP contribution in [-0.2, 0) is 0 Å². The van der Waals surface area contributed by atoms with E-state index in [1.54, 1.807) is 0 Å². The fourth-order valence-corrected chi connectivity index (χ4v) is 4.41. The molecule has 0 spiro atoms. The Labute approximate surface area is 185 Å². The smallest absolute Gasteiger partial charge is 0.0540 e. The van der Waals surface area contributed by atoms with E-state index in [-0.39, 0.29) is 6.10 Å². The molecule has 0 saturated carbocycles. The minimum Gasteiger partial charge on any atom is -0.393 e. The molecule has 0 amide bonds. The van der Waals surface area contributed by atoms with E-state index in [1.165, 1.54) is 148 Å². The van der Waals surface area contributed by atoms with Gasteiger partial charge >= 0.3 is 0 Å². The van der Waals surface area contributed by atoms with Gasteiger partial charge in [-0.2, -0.15) is 0 Å². The summed E-state index contributed by atoms with van der Waals surface area (Å²) in [7, 11) is 0. The summed E-state index contributed by atoms with van der Waals surface area (Å²) in [5.74, 6) is 0. The molecule has 29 heavy (non-hydrogen) atoms. The zero-order chi connectivity index (χ0) is 21.3. The number of unbranched alkanes of at least 4 members (excludes halogenated alkanes) is 21. The molecule has 0 aromatic rings. The molecule has 0 aliphatic carbocycles. The number of aliphatic hydroxyl groups is 1. The van der Waals surface area contributed by atoms with Crippen LogP contribution in [0.25, 0.3) is 0 Å². The normalized spacial score (nSPS) is 12.5. The van der Waals surface area contributed by atoms with E-state index in [0.717, 1.165) is 12.8 Å². The number of hydrogen-bond donors (Lipinski definition) is 1. The molecule has 0 saturated heterocycles. The van der Waals surface area contributed by atoms with Crippen LogP contribution in [0.4, 0.5) is 0 Å². The molecule has 0 heterocycles. The number of hydrogen-bond acceptors (Lipinski definition) is 1. The van der Waals surface area contributed by atoms with Crippen molar-refractivity contribution < 1.29 is 5.11 Å². The maximum absolute atomic E-state index is 10.1. The quantitative estimate of drug-likeness (QED) is 0.148. The Morgan fingerprint density at radius 2 is 0.552 bits per heavy atom. The highest BCUT2D eigenvalue weighted by Crippen LogP contribution is 2.16. The van der Waals surface area contributed by atoms with Crippen molar-refractivity contribution in [1.82, 2.24) is 0 Å². The summed E-state index contributed by atoms with van der Waals surface area (Å²) in [4.78, 5) is 0. The summed E-state index contributed by atoms with van der Waals surface area (Å²) in [5, 5.41) is 10.1. The fraction of sp³-hybridized carbons (Fsp3) is 1.00. The Kier molecular flexibility index (Phi) is 26.0. The molecular weight excluding hydrogens is 352 g/mol. The van der Waals surface area contributed by atoms with Crippen molar-refractivity contribution in [2.24, 2.45) is 0 Å². The van der Waals surface area contributed by atoms with Gasteiger partial charge in [-0.05, 0) is 12.8 Å². The molecule has 1 nitrogen and oxygen atoms in total. The SMILES string of the molecule is CCCCCCCCCCCCCCCC(O)CCCCCCCCCCCC. The predicted octanol–water partition coefficient (Wildman–Crippen LogP) is 10.1. The Morgan fingerprint density at radius 3 is 0.793 bits per heavy atom. The molecule has 0 aromatic heterocycles. The summed E-state index contributed by atoms with van der Waals surface area (Å²) >= 11 is 0. The van der Waals surface area contributed by atoms with Gasteiger partial charge in [-0.15, -0.1) is 0 Å². The summed E-state index contributed by atoms with van der Waals surface area (Å²) in [6, 6.07) is 0. The summed E-state index contributed by atoms with van der Waals surface area (Å²) in [5.41, 5.74) is 0. The molecule has 1 unspecified atom stereocenters. The van der Waals surface area contributed by atoms with Crippen molar-refractivity contribution >= 4 is 0 Å². The van der Waals surface area contributed by atoms with Crippen molar-refractivity contribution in [2.45, 2.75) is 180 Å². The minimum atomic E-state index is -0.0308. The van der Waals surface area contributed by atoms with Gasteiger partial charge in [-0.1, -0.05) is 162 Å². The van der Waals surface area contributed by atoms with Crippen LogP contribution in [0.2, 0.25) is 0 Å². The molecule has 176 valence electrons. The third kappa shape index (κ3) is 25.9. The fourth-order valence-electron chi connectivity index (χ4n) is 4.41. The van der Waals surface area contributed by atoms with E-state index in [9.17, 15) is 5.11 Å². The average molecular weight is 411 g/mol. The van der Waals surface area contributed by atoms with E-state index in [1.807, 2.05) is 0 Å². The van der Waals surface area contributed by atoms with Crippen LogP contribution in [0.1, 0.15) is 174 Å². The van der Waals surface area contributed by atoms with Crippen molar-refractivity contribution in [3.05, 3.63) is 0 Å². The van der Waals surface area contributed by atoms with Crippen LogP contribution < -0.4 is 0 Å². The molecule has 0 radical (unpaired) electrons. The molecule has 1 atom stereocenters. The highest BCUT2D eigenvalue weighted by molar-refractivity contribution is 4.58. The van der Waals surface area contributed by atoms with Gasteiger partial charge in [0.15, 0.2) is 0 Å². The average Bonchev–Trinajstić information content (AvgIpc) is 2.72. The molecule has 0 aromatic carbocycles. The van der Waals surface area contributed by atoms with Gasteiger partial charge in [-0.3, -0.25) is 0 Å². The van der Waals surface area contributed by atoms with Gasteiger partial charge in [0.2, 0.25) is 0 Å². The standard InChI is InChI=1S/C28H58O/c1-3-5-7-9-11-13-15-16-17-19-21-23-25-27-28(29)26-24-22-20-18-14-12-10-8-6-4-2/h28-29H,3-27H2,1-2H3. The Bertz CT molecular complexity index is 275. The first-order valence-electron chi connectivity index (χ1n) is 14.0. The van der Waals surface area contributed by atoms with Crippen molar-refractivity contribution in [2.75, 3.05) is 0 Å². The molecule has 0 rings (SSSR count). The molecule has 0 fully saturated rings. The summed E-state index contributed by atoms with van der Waals surface area (Å²) in [6.07, 6.45) is 34.1. The Hall–Kier alpha value is -0.0400. The topological polar surface area (TPSA) is 20.2 Å². The second-order valence-corrected chi connectivity index (χ2v) is 9.66. The lowest BCUT2D eigenvalue weighted by molar-refractivity contribution is 0.147. The van der Waals surface area contributed by atoms with E-state index in [4.69, 9.17) is 0 Å². The molecule has 1 N–H and O–H groups in total. The minimum absolute atomic E-state index is 0.0308. The van der Waals surface area contributed by atoms with Crippen LogP contribution >= 0.6 is 0 Å². The lowest BCUT2D eigenvalue weighted by Gasteiger charge is -2.10. The van der Waals surface area contributed by atoms with Gasteiger partial charge in [0.05, 0.1) is 6.10 Å². The molecule has 0 aliphatic rings. The van der Waals surface area contributed by atoms with Crippen molar-refractivity contribution in [3.8, 4) is 0 Å². The van der Waals surface area contributed by atoms with Crippen LogP contribution in [-0.4, -0.2) is 11.2 Å². The van der Waals surface area contributed by atoms with Gasteiger partial charge in [-0.25, -0.2) is 0 Å². The first-order chi connectivity index (χ1) is 14.3. The Balaban J connectivity index is 3.12. The van der Waals surface area contributed by atoms with Gasteiger partial charge in [0.1, 0.15) is 0 Å². The second kappa shape index (κ2) is 26.0. The summed E-state index contributed by atoms with van der Waals surface area (Å²) in [6.45, 7) is 4.58. The van der Waals surface area contributed by atoms with E-state index >= 15 is 0 Å². The van der Waals surface area contributed by atoms with Gasteiger partial charge in [0.25, 0.3) is 0 Å². The molecule has 0 aliphatic heterocycles. The highest BCUT2D eigenvalue weighted by Gasteiger charge is 2.03. The van der Waals surface area contributed by atoms with Crippen molar-refractivity contribution in [1.29, 1.82) is 0 Å². The first kappa shape index (κ1) is 29.0.